The Morgan fingerprint density at radius 2 is 1.89 bits per heavy atom. The Labute approximate surface area is 119 Å². The van der Waals surface area contributed by atoms with E-state index in [9.17, 15) is 0 Å². The molecule has 98 valence electrons. The fourth-order valence-corrected chi connectivity index (χ4v) is 3.01. The Balaban J connectivity index is 2.11. The number of thiocarbonyl (C=S) groups is 1. The van der Waals surface area contributed by atoms with Gasteiger partial charge in [-0.1, -0.05) is 17.7 Å². The molecule has 0 saturated carbocycles. The molecule has 0 aliphatic carbocycles. The minimum Gasteiger partial charge on any atom is -0.349 e. The number of rotatable bonds is 1. The first-order valence-electron chi connectivity index (χ1n) is 6.40. The first-order valence-corrected chi connectivity index (χ1v) is 7.19. The molecule has 0 atom stereocenters. The Kier molecular flexibility index (Phi) is 4.46. The van der Waals surface area contributed by atoms with Crippen LogP contribution < -0.4 is 5.32 Å². The number of aryl methyl sites for hydroxylation is 2. The average molecular weight is 283 g/mol. The molecule has 18 heavy (non-hydrogen) atoms. The normalized spacial score (nSPS) is 15.6. The molecule has 1 saturated heterocycles. The molecule has 1 aromatic carbocycles. The quantitative estimate of drug-likeness (QED) is 0.780. The number of hydrogen-bond donors (Lipinski definition) is 1. The van der Waals surface area contributed by atoms with Gasteiger partial charge >= 0.3 is 0 Å². The number of likely N-dealkylation sites (tertiary alicyclic amines) is 1. The smallest absolute Gasteiger partial charge is 0.173 e. The van der Waals surface area contributed by atoms with Gasteiger partial charge in [-0.2, -0.15) is 0 Å². The van der Waals surface area contributed by atoms with Gasteiger partial charge in [0.05, 0.1) is 10.7 Å². The molecule has 1 aliphatic heterocycles. The van der Waals surface area contributed by atoms with Crippen LogP contribution >= 0.6 is 23.8 Å². The SMILES string of the molecule is Cc1cc(C)c(NC(=S)N2CCCCC2)c(Cl)c1. The second kappa shape index (κ2) is 5.89. The summed E-state index contributed by atoms with van der Waals surface area (Å²) in [7, 11) is 0. The van der Waals surface area contributed by atoms with Crippen LogP contribution in [0.15, 0.2) is 12.1 Å². The van der Waals surface area contributed by atoms with E-state index in [0.29, 0.717) is 0 Å². The van der Waals surface area contributed by atoms with E-state index >= 15 is 0 Å². The number of anilines is 1. The van der Waals surface area contributed by atoms with E-state index < -0.39 is 0 Å². The fraction of sp³-hybridized carbons (Fsp3) is 0.500. The number of nitrogens with one attached hydrogen (secondary N) is 1. The van der Waals surface area contributed by atoms with Crippen LogP contribution in [0.5, 0.6) is 0 Å². The van der Waals surface area contributed by atoms with Crippen molar-refractivity contribution in [2.75, 3.05) is 18.4 Å². The molecule has 0 unspecified atom stereocenters. The van der Waals surface area contributed by atoms with E-state index in [1.165, 1.54) is 24.8 Å². The van der Waals surface area contributed by atoms with Crippen molar-refractivity contribution in [3.63, 3.8) is 0 Å². The van der Waals surface area contributed by atoms with Gasteiger partial charge in [0.25, 0.3) is 0 Å². The maximum Gasteiger partial charge on any atom is 0.173 e. The third-order valence-corrected chi connectivity index (χ3v) is 3.97. The summed E-state index contributed by atoms with van der Waals surface area (Å²) in [6, 6.07) is 4.09. The van der Waals surface area contributed by atoms with Gasteiger partial charge in [-0.05, 0) is 62.5 Å². The van der Waals surface area contributed by atoms with Crippen LogP contribution in [0.3, 0.4) is 0 Å². The van der Waals surface area contributed by atoms with E-state index in [4.69, 9.17) is 23.8 Å². The summed E-state index contributed by atoms with van der Waals surface area (Å²) in [5.41, 5.74) is 3.25. The van der Waals surface area contributed by atoms with Crippen LogP contribution in [0.25, 0.3) is 0 Å². The molecule has 0 amide bonds. The molecule has 0 bridgehead atoms. The standard InChI is InChI=1S/C14H19ClN2S/c1-10-8-11(2)13(12(15)9-10)16-14(18)17-6-4-3-5-7-17/h8-9H,3-7H2,1-2H3,(H,16,18). The predicted molar refractivity (Wildman–Crippen MR) is 82.6 cm³/mol. The molecule has 1 aromatic rings. The van der Waals surface area contributed by atoms with Gasteiger partial charge in [0.1, 0.15) is 0 Å². The summed E-state index contributed by atoms with van der Waals surface area (Å²) in [6.07, 6.45) is 3.76. The second-order valence-electron chi connectivity index (χ2n) is 4.92. The van der Waals surface area contributed by atoms with Gasteiger partial charge in [0.2, 0.25) is 0 Å². The molecular weight excluding hydrogens is 264 g/mol. The zero-order valence-corrected chi connectivity index (χ0v) is 12.5. The second-order valence-corrected chi connectivity index (χ2v) is 5.71. The topological polar surface area (TPSA) is 15.3 Å². The Hall–Kier alpha value is -0.800. The Morgan fingerprint density at radius 3 is 2.50 bits per heavy atom. The maximum atomic E-state index is 6.28. The van der Waals surface area contributed by atoms with Crippen molar-refractivity contribution in [3.05, 3.63) is 28.3 Å². The molecule has 0 aromatic heterocycles. The largest absolute Gasteiger partial charge is 0.349 e. The summed E-state index contributed by atoms with van der Waals surface area (Å²) >= 11 is 11.7. The van der Waals surface area contributed by atoms with Gasteiger partial charge in [0.15, 0.2) is 5.11 Å². The minimum absolute atomic E-state index is 0.742. The van der Waals surface area contributed by atoms with E-state index in [1.807, 2.05) is 13.0 Å². The van der Waals surface area contributed by atoms with Crippen LogP contribution in [0.4, 0.5) is 5.69 Å². The summed E-state index contributed by atoms with van der Waals surface area (Å²) < 4.78 is 0. The van der Waals surface area contributed by atoms with E-state index in [2.05, 4.69) is 23.2 Å². The number of halogens is 1. The molecule has 1 aliphatic rings. The summed E-state index contributed by atoms with van der Waals surface area (Å²) in [5.74, 6) is 0. The molecule has 2 rings (SSSR count). The molecule has 2 nitrogen and oxygen atoms in total. The lowest BCUT2D eigenvalue weighted by molar-refractivity contribution is 0.346. The van der Waals surface area contributed by atoms with Crippen LogP contribution in [0.2, 0.25) is 5.02 Å². The number of benzene rings is 1. The molecule has 0 spiro atoms. The van der Waals surface area contributed by atoms with E-state index in [0.717, 1.165) is 34.5 Å². The fourth-order valence-electron chi connectivity index (χ4n) is 2.36. The highest BCUT2D eigenvalue weighted by Crippen LogP contribution is 2.27. The Morgan fingerprint density at radius 1 is 1.22 bits per heavy atom. The summed E-state index contributed by atoms with van der Waals surface area (Å²) in [5, 5.41) is 4.84. The highest BCUT2D eigenvalue weighted by Gasteiger charge is 2.15. The molecule has 1 fully saturated rings. The van der Waals surface area contributed by atoms with Crippen LogP contribution in [-0.2, 0) is 0 Å². The van der Waals surface area contributed by atoms with Crippen molar-refractivity contribution in [2.24, 2.45) is 0 Å². The van der Waals surface area contributed by atoms with Crippen LogP contribution in [0, 0.1) is 13.8 Å². The molecule has 4 heteroatoms. The van der Waals surface area contributed by atoms with Gasteiger partial charge in [-0.15, -0.1) is 0 Å². The minimum atomic E-state index is 0.742. The van der Waals surface area contributed by atoms with Crippen molar-refractivity contribution in [1.82, 2.24) is 4.90 Å². The van der Waals surface area contributed by atoms with Crippen molar-refractivity contribution in [3.8, 4) is 0 Å². The first kappa shape index (κ1) is 13.6. The number of piperidine rings is 1. The van der Waals surface area contributed by atoms with Crippen molar-refractivity contribution < 1.29 is 0 Å². The van der Waals surface area contributed by atoms with E-state index in [1.54, 1.807) is 0 Å². The molecular formula is C14H19ClN2S. The van der Waals surface area contributed by atoms with Crippen LogP contribution in [-0.4, -0.2) is 23.1 Å². The highest BCUT2D eigenvalue weighted by atomic mass is 35.5. The summed E-state index contributed by atoms with van der Waals surface area (Å²) in [4.78, 5) is 2.23. The van der Waals surface area contributed by atoms with Gasteiger partial charge in [-0.3, -0.25) is 0 Å². The summed E-state index contributed by atoms with van der Waals surface area (Å²) in [6.45, 7) is 6.20. The average Bonchev–Trinajstić information content (AvgIpc) is 2.34. The lowest BCUT2D eigenvalue weighted by Gasteiger charge is -2.30. The van der Waals surface area contributed by atoms with Crippen molar-refractivity contribution in [1.29, 1.82) is 0 Å². The number of hydrogen-bond acceptors (Lipinski definition) is 1. The predicted octanol–water partition coefficient (Wildman–Crippen LogP) is 4.14. The monoisotopic (exact) mass is 282 g/mol. The maximum absolute atomic E-state index is 6.28. The van der Waals surface area contributed by atoms with Crippen molar-refractivity contribution >= 4 is 34.6 Å². The van der Waals surface area contributed by atoms with Gasteiger partial charge in [0, 0.05) is 13.1 Å². The molecule has 1 heterocycles. The molecule has 1 N–H and O–H groups in total. The Bertz CT molecular complexity index is 430. The number of nitrogens with zero attached hydrogens (tertiary/aromatic N) is 1. The van der Waals surface area contributed by atoms with E-state index in [-0.39, 0.29) is 0 Å². The van der Waals surface area contributed by atoms with Gasteiger partial charge in [-0.25, -0.2) is 0 Å². The zero-order valence-electron chi connectivity index (χ0n) is 10.9. The third-order valence-electron chi connectivity index (χ3n) is 3.31. The molecule has 0 radical (unpaired) electrons. The third kappa shape index (κ3) is 3.15. The van der Waals surface area contributed by atoms with Crippen molar-refractivity contribution in [2.45, 2.75) is 33.1 Å². The lowest BCUT2D eigenvalue weighted by Crippen LogP contribution is -2.38. The zero-order chi connectivity index (χ0) is 13.1. The first-order chi connectivity index (χ1) is 8.58. The van der Waals surface area contributed by atoms with Crippen LogP contribution in [0.1, 0.15) is 30.4 Å². The van der Waals surface area contributed by atoms with Gasteiger partial charge < -0.3 is 10.2 Å². The highest BCUT2D eigenvalue weighted by molar-refractivity contribution is 7.80. The lowest BCUT2D eigenvalue weighted by atomic mass is 10.1.